The summed E-state index contributed by atoms with van der Waals surface area (Å²) in [4.78, 5) is 19.4. The summed E-state index contributed by atoms with van der Waals surface area (Å²) in [6.07, 6.45) is 5.10. The fourth-order valence-corrected chi connectivity index (χ4v) is 2.65. The zero-order chi connectivity index (χ0) is 14.4. The molecule has 0 aliphatic carbocycles. The Morgan fingerprint density at radius 2 is 1.95 bits per heavy atom. The van der Waals surface area contributed by atoms with E-state index in [0.29, 0.717) is 11.3 Å². The summed E-state index contributed by atoms with van der Waals surface area (Å²) in [6.45, 7) is 0. The van der Waals surface area contributed by atoms with Gasteiger partial charge in [0, 0.05) is 40.1 Å². The molecular formula is C15H11N5O. The number of anilines is 1. The van der Waals surface area contributed by atoms with Crippen LogP contribution in [0.5, 0.6) is 0 Å². The highest BCUT2D eigenvalue weighted by atomic mass is 16.2. The van der Waals surface area contributed by atoms with Crippen molar-refractivity contribution in [2.75, 3.05) is 5.73 Å². The van der Waals surface area contributed by atoms with Crippen LogP contribution < -0.4 is 11.2 Å². The van der Waals surface area contributed by atoms with Gasteiger partial charge in [0.1, 0.15) is 0 Å². The lowest BCUT2D eigenvalue weighted by atomic mass is 10.0. The Bertz CT molecular complexity index is 895. The fraction of sp³-hybridized carbons (Fsp3) is 0. The third-order valence-corrected chi connectivity index (χ3v) is 3.53. The molecule has 1 aromatic carbocycles. The smallest absolute Gasteiger partial charge is 0.272 e. The van der Waals surface area contributed by atoms with E-state index in [4.69, 9.17) is 5.73 Å². The van der Waals surface area contributed by atoms with Gasteiger partial charge in [0.25, 0.3) is 5.91 Å². The summed E-state index contributed by atoms with van der Waals surface area (Å²) < 4.78 is 0. The summed E-state index contributed by atoms with van der Waals surface area (Å²) in [5, 5.41) is 4.81. The highest BCUT2D eigenvalue weighted by Gasteiger charge is 2.21. The molecule has 4 N–H and O–H groups in total. The molecule has 1 amide bonds. The fourth-order valence-electron chi connectivity index (χ4n) is 2.65. The lowest BCUT2D eigenvalue weighted by Gasteiger charge is -2.02. The Balaban J connectivity index is 2.13. The molecule has 0 fully saturated rings. The number of rotatable bonds is 1. The summed E-state index contributed by atoms with van der Waals surface area (Å²) in [5.74, 6) is -0.262. The van der Waals surface area contributed by atoms with E-state index in [-0.39, 0.29) is 5.91 Å². The van der Waals surface area contributed by atoms with Crippen LogP contribution in [0.25, 0.3) is 22.2 Å². The topological polar surface area (TPSA) is 96.2 Å². The van der Waals surface area contributed by atoms with Gasteiger partial charge in [-0.3, -0.25) is 9.78 Å². The number of nitrogens with zero attached hydrogens (tertiary/aromatic N) is 2. The largest absolute Gasteiger partial charge is 0.399 e. The first-order valence-corrected chi connectivity index (χ1v) is 6.43. The Kier molecular flexibility index (Phi) is 2.32. The van der Waals surface area contributed by atoms with Crippen molar-refractivity contribution in [3.8, 4) is 11.3 Å². The van der Waals surface area contributed by atoms with Crippen LogP contribution in [0, 0.1) is 0 Å². The Morgan fingerprint density at radius 1 is 1.14 bits per heavy atom. The molecule has 0 radical (unpaired) electrons. The average Bonchev–Trinajstić information content (AvgIpc) is 2.76. The first kappa shape index (κ1) is 11.7. The van der Waals surface area contributed by atoms with Gasteiger partial charge >= 0.3 is 0 Å². The highest BCUT2D eigenvalue weighted by molar-refractivity contribution is 6.17. The van der Waals surface area contributed by atoms with E-state index < -0.39 is 0 Å². The molecular weight excluding hydrogens is 266 g/mol. The molecule has 6 heteroatoms. The van der Waals surface area contributed by atoms with Crippen LogP contribution in [0.1, 0.15) is 15.9 Å². The third-order valence-electron chi connectivity index (χ3n) is 3.53. The molecule has 3 aromatic rings. The van der Waals surface area contributed by atoms with Crippen LogP contribution in [-0.4, -0.2) is 22.1 Å². The van der Waals surface area contributed by atoms with Crippen LogP contribution in [0.15, 0.2) is 41.8 Å². The minimum absolute atomic E-state index is 0.262. The van der Waals surface area contributed by atoms with Crippen LogP contribution in [0.3, 0.4) is 0 Å². The number of hydrazone groups is 1. The van der Waals surface area contributed by atoms with E-state index in [1.807, 2.05) is 18.2 Å². The maximum Gasteiger partial charge on any atom is 0.272 e. The van der Waals surface area contributed by atoms with Crippen molar-refractivity contribution in [1.29, 1.82) is 0 Å². The first-order valence-electron chi connectivity index (χ1n) is 6.43. The number of benzene rings is 1. The van der Waals surface area contributed by atoms with E-state index in [1.165, 1.54) is 0 Å². The number of aromatic amines is 1. The number of carbonyl (C=O) groups is 1. The van der Waals surface area contributed by atoms with Gasteiger partial charge in [-0.15, -0.1) is 0 Å². The Morgan fingerprint density at radius 3 is 2.76 bits per heavy atom. The molecule has 6 nitrogen and oxygen atoms in total. The predicted octanol–water partition coefficient (Wildman–Crippen LogP) is 1.89. The van der Waals surface area contributed by atoms with Crippen LogP contribution in [-0.2, 0) is 0 Å². The summed E-state index contributed by atoms with van der Waals surface area (Å²) in [5.41, 5.74) is 13.0. The second-order valence-corrected chi connectivity index (χ2v) is 4.84. The minimum Gasteiger partial charge on any atom is -0.399 e. The normalized spacial score (nSPS) is 13.2. The van der Waals surface area contributed by atoms with Crippen molar-refractivity contribution >= 4 is 28.7 Å². The third kappa shape index (κ3) is 1.69. The number of nitrogens with two attached hydrogens (primary N) is 1. The molecule has 0 spiro atoms. The molecule has 102 valence electrons. The van der Waals surface area contributed by atoms with Crippen molar-refractivity contribution in [2.45, 2.75) is 0 Å². The molecule has 2 aromatic heterocycles. The highest BCUT2D eigenvalue weighted by Crippen LogP contribution is 2.33. The van der Waals surface area contributed by atoms with E-state index in [1.54, 1.807) is 24.7 Å². The molecule has 0 saturated heterocycles. The lowest BCUT2D eigenvalue weighted by molar-refractivity contribution is 0.0957. The molecule has 3 heterocycles. The molecule has 1 aliphatic heterocycles. The summed E-state index contributed by atoms with van der Waals surface area (Å²) >= 11 is 0. The number of nitrogen functional groups attached to an aromatic ring is 1. The number of hydrogen-bond acceptors (Lipinski definition) is 4. The maximum atomic E-state index is 12.1. The van der Waals surface area contributed by atoms with Gasteiger partial charge in [0.05, 0.1) is 17.5 Å². The molecule has 0 bridgehead atoms. The molecule has 0 atom stereocenters. The predicted molar refractivity (Wildman–Crippen MR) is 81.0 cm³/mol. The zero-order valence-corrected chi connectivity index (χ0v) is 10.9. The van der Waals surface area contributed by atoms with Gasteiger partial charge in [0.2, 0.25) is 0 Å². The van der Waals surface area contributed by atoms with Gasteiger partial charge in [-0.1, -0.05) is 0 Å². The first-order chi connectivity index (χ1) is 10.2. The van der Waals surface area contributed by atoms with Crippen molar-refractivity contribution in [3.05, 3.63) is 47.8 Å². The average molecular weight is 277 g/mol. The number of H-pyrrole nitrogens is 1. The minimum atomic E-state index is -0.262. The molecule has 21 heavy (non-hydrogen) atoms. The van der Waals surface area contributed by atoms with Crippen LogP contribution in [0.4, 0.5) is 5.69 Å². The monoisotopic (exact) mass is 277 g/mol. The number of aromatic nitrogens is 2. The maximum absolute atomic E-state index is 12.1. The summed E-state index contributed by atoms with van der Waals surface area (Å²) in [6, 6.07) is 7.29. The number of carbonyl (C=O) groups excluding carboxylic acids is 1. The van der Waals surface area contributed by atoms with Gasteiger partial charge in [0.15, 0.2) is 0 Å². The van der Waals surface area contributed by atoms with E-state index >= 15 is 0 Å². The number of pyridine rings is 1. The standard InChI is InChI=1S/C15H11N5O/c16-9-5-10-13-11(7-18-20-15(10)21)14(19-12(13)6-9)8-1-3-17-4-2-8/h1-7,19H,16H2,(H,20,21). The number of hydrogen-bond donors (Lipinski definition) is 3. The quantitative estimate of drug-likeness (QED) is 0.592. The Labute approximate surface area is 119 Å². The van der Waals surface area contributed by atoms with Crippen molar-refractivity contribution < 1.29 is 4.79 Å². The van der Waals surface area contributed by atoms with Crippen LogP contribution >= 0.6 is 0 Å². The van der Waals surface area contributed by atoms with Gasteiger partial charge in [-0.2, -0.15) is 5.10 Å². The van der Waals surface area contributed by atoms with Crippen molar-refractivity contribution in [3.63, 3.8) is 0 Å². The lowest BCUT2D eigenvalue weighted by Crippen LogP contribution is -2.16. The zero-order valence-electron chi connectivity index (χ0n) is 10.9. The summed E-state index contributed by atoms with van der Waals surface area (Å²) in [7, 11) is 0. The van der Waals surface area contributed by atoms with E-state index in [2.05, 4.69) is 20.5 Å². The molecule has 1 aliphatic rings. The van der Waals surface area contributed by atoms with Gasteiger partial charge in [-0.05, 0) is 24.3 Å². The second kappa shape index (κ2) is 4.17. The van der Waals surface area contributed by atoms with Gasteiger partial charge in [-0.25, -0.2) is 5.43 Å². The molecule has 4 rings (SSSR count). The van der Waals surface area contributed by atoms with Crippen molar-refractivity contribution in [2.24, 2.45) is 5.10 Å². The SMILES string of the molecule is Nc1cc2c3c(c(-c4ccncc4)[nH]c3c1)C=NNC2=O. The van der Waals surface area contributed by atoms with E-state index in [0.717, 1.165) is 27.7 Å². The molecule has 0 unspecified atom stereocenters. The van der Waals surface area contributed by atoms with Crippen molar-refractivity contribution in [1.82, 2.24) is 15.4 Å². The van der Waals surface area contributed by atoms with Crippen LogP contribution in [0.2, 0.25) is 0 Å². The Hall–Kier alpha value is -3.15. The van der Waals surface area contributed by atoms with Gasteiger partial charge < -0.3 is 10.7 Å². The second-order valence-electron chi connectivity index (χ2n) is 4.84. The number of nitrogens with one attached hydrogen (secondary N) is 2. The molecule has 0 saturated carbocycles. The van der Waals surface area contributed by atoms with E-state index in [9.17, 15) is 4.79 Å². The number of amides is 1.